The fourth-order valence-corrected chi connectivity index (χ4v) is 4.04. The van der Waals surface area contributed by atoms with Crippen LogP contribution in [0.2, 0.25) is 0 Å². The minimum Gasteiger partial charge on any atom is -0.379 e. The summed E-state index contributed by atoms with van der Waals surface area (Å²) >= 11 is 0. The van der Waals surface area contributed by atoms with E-state index in [1.807, 2.05) is 0 Å². The van der Waals surface area contributed by atoms with Crippen LogP contribution in [0.25, 0.3) is 0 Å². The molecule has 0 aliphatic heterocycles. The summed E-state index contributed by atoms with van der Waals surface area (Å²) in [6.45, 7) is 10.1. The third-order valence-electron chi connectivity index (χ3n) is 6.26. The Kier molecular flexibility index (Phi) is 35.4. The van der Waals surface area contributed by atoms with Crippen LogP contribution in [0.15, 0.2) is 0 Å². The average molecular weight is 534 g/mol. The fourth-order valence-electron chi connectivity index (χ4n) is 4.04. The van der Waals surface area contributed by atoms with Gasteiger partial charge in [-0.3, -0.25) is 0 Å². The molecule has 0 atom stereocenters. The van der Waals surface area contributed by atoms with Gasteiger partial charge < -0.3 is 34.2 Å². The third-order valence-corrected chi connectivity index (χ3v) is 6.26. The first-order valence-corrected chi connectivity index (χ1v) is 15.6. The molecule has 0 aromatic carbocycles. The lowest BCUT2D eigenvalue weighted by Gasteiger charge is -2.08. The number of ether oxygens (including phenoxy) is 6. The molecule has 0 fully saturated rings. The molecule has 0 radical (unpaired) electrons. The van der Waals surface area contributed by atoms with Crippen LogP contribution < -0.4 is 5.73 Å². The quantitative estimate of drug-likeness (QED) is 0.0971. The zero-order valence-corrected chi connectivity index (χ0v) is 24.5. The minimum atomic E-state index is 0.543. The van der Waals surface area contributed by atoms with Crippen LogP contribution >= 0.6 is 0 Å². The van der Waals surface area contributed by atoms with Gasteiger partial charge in [0.15, 0.2) is 0 Å². The number of hydrogen-bond donors (Lipinski definition) is 1. The summed E-state index contributed by atoms with van der Waals surface area (Å²) in [6.07, 6.45) is 22.3. The third kappa shape index (κ3) is 35.7. The Balaban J connectivity index is 3.00. The van der Waals surface area contributed by atoms with Crippen molar-refractivity contribution in [1.82, 2.24) is 0 Å². The first-order valence-electron chi connectivity index (χ1n) is 15.6. The van der Waals surface area contributed by atoms with E-state index >= 15 is 0 Å². The van der Waals surface area contributed by atoms with Crippen LogP contribution in [0.5, 0.6) is 0 Å². The maximum Gasteiger partial charge on any atom is 0.0701 e. The van der Waals surface area contributed by atoms with Crippen LogP contribution in [0.4, 0.5) is 0 Å². The predicted octanol–water partition coefficient (Wildman–Crippen LogP) is 6.31. The summed E-state index contributed by atoms with van der Waals surface area (Å²) in [5, 5.41) is 0. The van der Waals surface area contributed by atoms with Crippen LogP contribution in [-0.4, -0.2) is 85.8 Å². The Morgan fingerprint density at radius 3 is 0.838 bits per heavy atom. The van der Waals surface area contributed by atoms with E-state index < -0.39 is 0 Å². The van der Waals surface area contributed by atoms with E-state index in [1.54, 1.807) is 0 Å². The summed E-state index contributed by atoms with van der Waals surface area (Å²) in [4.78, 5) is 0. The molecule has 0 spiro atoms. The number of nitrogens with two attached hydrogens (primary N) is 1. The van der Waals surface area contributed by atoms with Crippen LogP contribution in [0, 0.1) is 0 Å². The van der Waals surface area contributed by atoms with Crippen molar-refractivity contribution in [2.45, 2.75) is 110 Å². The zero-order chi connectivity index (χ0) is 26.7. The van der Waals surface area contributed by atoms with Crippen molar-refractivity contribution in [2.24, 2.45) is 5.73 Å². The second kappa shape index (κ2) is 35.7. The molecule has 224 valence electrons. The molecule has 0 aliphatic rings. The van der Waals surface area contributed by atoms with Crippen LogP contribution in [0.1, 0.15) is 110 Å². The topological polar surface area (TPSA) is 81.4 Å². The van der Waals surface area contributed by atoms with E-state index in [9.17, 15) is 0 Å². The molecule has 0 amide bonds. The maximum absolute atomic E-state index is 5.66. The Labute approximate surface area is 229 Å². The SMILES string of the molecule is CCCCCCCCCCCCCCCCCCOCCOCCOCCOCCOCCOCCN. The summed E-state index contributed by atoms with van der Waals surface area (Å²) in [6, 6.07) is 0. The molecule has 0 aliphatic carbocycles. The standard InChI is InChI=1S/C30H63NO6/c1-2-3-4-5-6-7-8-9-10-11-12-13-14-15-16-17-19-32-21-23-34-25-27-36-29-30-37-28-26-35-24-22-33-20-18-31/h2-31H2,1H3. The van der Waals surface area contributed by atoms with Gasteiger partial charge >= 0.3 is 0 Å². The van der Waals surface area contributed by atoms with Crippen LogP contribution in [0.3, 0.4) is 0 Å². The molecule has 7 heteroatoms. The smallest absolute Gasteiger partial charge is 0.0701 e. The van der Waals surface area contributed by atoms with E-state index in [0.29, 0.717) is 79.2 Å². The van der Waals surface area contributed by atoms with Crippen molar-refractivity contribution in [1.29, 1.82) is 0 Å². The van der Waals surface area contributed by atoms with Crippen molar-refractivity contribution in [3.8, 4) is 0 Å². The normalized spacial score (nSPS) is 11.5. The molecular weight excluding hydrogens is 470 g/mol. The molecule has 0 aromatic rings. The first kappa shape index (κ1) is 36.7. The van der Waals surface area contributed by atoms with E-state index in [4.69, 9.17) is 34.2 Å². The van der Waals surface area contributed by atoms with Crippen molar-refractivity contribution >= 4 is 0 Å². The number of rotatable bonds is 34. The van der Waals surface area contributed by atoms with Gasteiger partial charge in [-0.05, 0) is 6.42 Å². The second-order valence-corrected chi connectivity index (χ2v) is 9.77. The predicted molar refractivity (Wildman–Crippen MR) is 154 cm³/mol. The van der Waals surface area contributed by atoms with Gasteiger partial charge in [0, 0.05) is 13.2 Å². The zero-order valence-electron chi connectivity index (χ0n) is 24.5. The fraction of sp³-hybridized carbons (Fsp3) is 1.00. The van der Waals surface area contributed by atoms with Gasteiger partial charge in [-0.15, -0.1) is 0 Å². The van der Waals surface area contributed by atoms with Crippen molar-refractivity contribution in [3.63, 3.8) is 0 Å². The summed E-state index contributed by atoms with van der Waals surface area (Å²) in [5.41, 5.74) is 5.33. The maximum atomic E-state index is 5.66. The Morgan fingerprint density at radius 1 is 0.297 bits per heavy atom. The van der Waals surface area contributed by atoms with E-state index in [-0.39, 0.29) is 0 Å². The van der Waals surface area contributed by atoms with E-state index in [0.717, 1.165) is 13.0 Å². The lowest BCUT2D eigenvalue weighted by Crippen LogP contribution is -2.15. The number of unbranched alkanes of at least 4 members (excludes halogenated alkanes) is 15. The summed E-state index contributed by atoms with van der Waals surface area (Å²) in [5.74, 6) is 0. The van der Waals surface area contributed by atoms with E-state index in [2.05, 4.69) is 6.92 Å². The van der Waals surface area contributed by atoms with Gasteiger partial charge in [0.2, 0.25) is 0 Å². The van der Waals surface area contributed by atoms with E-state index in [1.165, 1.54) is 96.3 Å². The summed E-state index contributed by atoms with van der Waals surface area (Å²) in [7, 11) is 0. The van der Waals surface area contributed by atoms with Gasteiger partial charge in [-0.25, -0.2) is 0 Å². The average Bonchev–Trinajstić information content (AvgIpc) is 2.91. The molecule has 0 bridgehead atoms. The monoisotopic (exact) mass is 533 g/mol. The molecule has 0 saturated carbocycles. The largest absolute Gasteiger partial charge is 0.379 e. The molecule has 0 heterocycles. The molecule has 37 heavy (non-hydrogen) atoms. The molecule has 2 N–H and O–H groups in total. The lowest BCUT2D eigenvalue weighted by molar-refractivity contribution is -0.0165. The minimum absolute atomic E-state index is 0.543. The van der Waals surface area contributed by atoms with Gasteiger partial charge in [-0.2, -0.15) is 0 Å². The van der Waals surface area contributed by atoms with Gasteiger partial charge in [0.05, 0.1) is 72.7 Å². The highest BCUT2D eigenvalue weighted by Crippen LogP contribution is 2.13. The Morgan fingerprint density at radius 2 is 0.541 bits per heavy atom. The number of hydrogen-bond acceptors (Lipinski definition) is 7. The van der Waals surface area contributed by atoms with Crippen molar-refractivity contribution in [2.75, 3.05) is 85.8 Å². The molecule has 7 nitrogen and oxygen atoms in total. The lowest BCUT2D eigenvalue weighted by atomic mass is 10.0. The highest BCUT2D eigenvalue weighted by Gasteiger charge is 1.96. The highest BCUT2D eigenvalue weighted by molar-refractivity contribution is 4.50. The molecular formula is C30H63NO6. The summed E-state index contributed by atoms with van der Waals surface area (Å²) < 4.78 is 32.7. The van der Waals surface area contributed by atoms with Crippen LogP contribution in [-0.2, 0) is 28.4 Å². The van der Waals surface area contributed by atoms with Crippen molar-refractivity contribution in [3.05, 3.63) is 0 Å². The molecule has 0 rings (SSSR count). The molecule has 0 unspecified atom stereocenters. The molecule has 0 saturated heterocycles. The van der Waals surface area contributed by atoms with Crippen molar-refractivity contribution < 1.29 is 28.4 Å². The molecule has 0 aromatic heterocycles. The second-order valence-electron chi connectivity index (χ2n) is 9.77. The Bertz CT molecular complexity index is 355. The van der Waals surface area contributed by atoms with Gasteiger partial charge in [0.1, 0.15) is 0 Å². The first-order chi connectivity index (χ1) is 18.4. The van der Waals surface area contributed by atoms with Gasteiger partial charge in [0.25, 0.3) is 0 Å². The highest BCUT2D eigenvalue weighted by atomic mass is 16.6. The Hall–Kier alpha value is -0.280. The van der Waals surface area contributed by atoms with Gasteiger partial charge in [-0.1, -0.05) is 103 Å².